The van der Waals surface area contributed by atoms with Crippen LogP contribution < -0.4 is 11.1 Å². The molecular weight excluding hydrogens is 232 g/mol. The second kappa shape index (κ2) is 5.99. The molecule has 1 aliphatic heterocycles. The first-order valence-electron chi connectivity index (χ1n) is 6.99. The summed E-state index contributed by atoms with van der Waals surface area (Å²) in [5.74, 6) is -0.107. The van der Waals surface area contributed by atoms with Gasteiger partial charge in [0.1, 0.15) is 6.10 Å². The number of amides is 1. The highest BCUT2D eigenvalue weighted by molar-refractivity contribution is 5.81. The number of hydrogen-bond acceptors (Lipinski definition) is 4. The lowest BCUT2D eigenvalue weighted by Gasteiger charge is -2.32. The lowest BCUT2D eigenvalue weighted by Crippen LogP contribution is -2.47. The predicted molar refractivity (Wildman–Crippen MR) is 68.0 cm³/mol. The van der Waals surface area contributed by atoms with E-state index < -0.39 is 5.60 Å². The molecule has 4 N–H and O–H groups in total. The third kappa shape index (κ3) is 3.43. The number of nitrogens with one attached hydrogen (secondary N) is 1. The third-order valence-electron chi connectivity index (χ3n) is 4.04. The van der Waals surface area contributed by atoms with Crippen LogP contribution in [0.2, 0.25) is 0 Å². The molecule has 2 fully saturated rings. The molecule has 2 rings (SSSR count). The second-order valence-corrected chi connectivity index (χ2v) is 5.56. The number of carbonyl (C=O) groups excluding carboxylic acids is 1. The minimum absolute atomic E-state index is 0.0125. The average molecular weight is 256 g/mol. The van der Waals surface area contributed by atoms with Crippen molar-refractivity contribution >= 4 is 5.91 Å². The molecule has 0 aromatic carbocycles. The zero-order valence-corrected chi connectivity index (χ0v) is 10.9. The predicted octanol–water partition coefficient (Wildman–Crippen LogP) is 0.304. The highest BCUT2D eigenvalue weighted by Gasteiger charge is 2.33. The fraction of sp³-hybridized carbons (Fsp3) is 0.923. The van der Waals surface area contributed by atoms with Gasteiger partial charge < -0.3 is 20.9 Å². The van der Waals surface area contributed by atoms with Crippen LogP contribution >= 0.6 is 0 Å². The molecule has 1 saturated carbocycles. The van der Waals surface area contributed by atoms with Crippen molar-refractivity contribution in [1.82, 2.24) is 5.32 Å². The van der Waals surface area contributed by atoms with E-state index in [1.165, 1.54) is 6.42 Å². The van der Waals surface area contributed by atoms with E-state index in [4.69, 9.17) is 10.5 Å². The number of carbonyl (C=O) groups is 1. The summed E-state index contributed by atoms with van der Waals surface area (Å²) in [6, 6.07) is 0. The van der Waals surface area contributed by atoms with Crippen LogP contribution in [-0.2, 0) is 9.53 Å². The van der Waals surface area contributed by atoms with Gasteiger partial charge in [0.25, 0.3) is 0 Å². The molecule has 2 atom stereocenters. The minimum atomic E-state index is -0.709. The van der Waals surface area contributed by atoms with Crippen LogP contribution in [0.3, 0.4) is 0 Å². The Balaban J connectivity index is 1.74. The first kappa shape index (κ1) is 13.8. The summed E-state index contributed by atoms with van der Waals surface area (Å²) in [5.41, 5.74) is 4.80. The molecule has 18 heavy (non-hydrogen) atoms. The van der Waals surface area contributed by atoms with E-state index in [9.17, 15) is 9.90 Å². The van der Waals surface area contributed by atoms with Gasteiger partial charge in [0.2, 0.25) is 5.91 Å². The van der Waals surface area contributed by atoms with Crippen LogP contribution in [-0.4, -0.2) is 41.9 Å². The molecular formula is C13H24N2O3. The second-order valence-electron chi connectivity index (χ2n) is 5.56. The van der Waals surface area contributed by atoms with Crippen LogP contribution in [0.4, 0.5) is 0 Å². The molecule has 5 nitrogen and oxygen atoms in total. The number of ether oxygens (including phenoxy) is 1. The lowest BCUT2D eigenvalue weighted by atomic mass is 9.85. The molecule has 0 radical (unpaired) electrons. The summed E-state index contributed by atoms with van der Waals surface area (Å²) >= 11 is 0. The summed E-state index contributed by atoms with van der Waals surface area (Å²) in [7, 11) is 0. The van der Waals surface area contributed by atoms with Crippen molar-refractivity contribution in [3.63, 3.8) is 0 Å². The van der Waals surface area contributed by atoms with Gasteiger partial charge in [0.05, 0.1) is 11.7 Å². The number of hydrogen-bond donors (Lipinski definition) is 3. The molecule has 5 heteroatoms. The summed E-state index contributed by atoms with van der Waals surface area (Å²) in [6.07, 6.45) is 6.03. The maximum atomic E-state index is 11.9. The van der Waals surface area contributed by atoms with E-state index in [1.807, 2.05) is 0 Å². The van der Waals surface area contributed by atoms with E-state index in [2.05, 4.69) is 5.32 Å². The number of rotatable bonds is 4. The van der Waals surface area contributed by atoms with Gasteiger partial charge in [-0.05, 0) is 25.7 Å². The molecule has 1 heterocycles. The topological polar surface area (TPSA) is 84.6 Å². The summed E-state index contributed by atoms with van der Waals surface area (Å²) < 4.78 is 5.53. The van der Waals surface area contributed by atoms with Crippen LogP contribution in [0.1, 0.15) is 44.9 Å². The summed E-state index contributed by atoms with van der Waals surface area (Å²) in [6.45, 7) is 0.812. The Labute approximate surface area is 108 Å². The van der Waals surface area contributed by atoms with Crippen molar-refractivity contribution in [3.05, 3.63) is 0 Å². The van der Waals surface area contributed by atoms with Crippen molar-refractivity contribution < 1.29 is 14.6 Å². The smallest absolute Gasteiger partial charge is 0.249 e. The maximum absolute atomic E-state index is 11.9. The monoisotopic (exact) mass is 256 g/mol. The molecule has 2 unspecified atom stereocenters. The van der Waals surface area contributed by atoms with E-state index in [0.29, 0.717) is 13.1 Å². The van der Waals surface area contributed by atoms with Crippen molar-refractivity contribution in [2.24, 2.45) is 5.73 Å². The van der Waals surface area contributed by atoms with Gasteiger partial charge in [-0.1, -0.05) is 19.3 Å². The molecule has 0 spiro atoms. The fourth-order valence-electron chi connectivity index (χ4n) is 2.82. The normalized spacial score (nSPS) is 31.2. The highest BCUT2D eigenvalue weighted by Crippen LogP contribution is 2.27. The Morgan fingerprint density at radius 1 is 1.33 bits per heavy atom. The molecule has 1 amide bonds. The lowest BCUT2D eigenvalue weighted by molar-refractivity contribution is -0.133. The molecule has 2 aliphatic rings. The Kier molecular flexibility index (Phi) is 4.59. The molecule has 1 aliphatic carbocycles. The summed E-state index contributed by atoms with van der Waals surface area (Å²) in [4.78, 5) is 11.9. The fourth-order valence-corrected chi connectivity index (χ4v) is 2.82. The molecule has 1 saturated heterocycles. The van der Waals surface area contributed by atoms with Gasteiger partial charge in [-0.3, -0.25) is 4.79 Å². The summed E-state index contributed by atoms with van der Waals surface area (Å²) in [5, 5.41) is 13.1. The quantitative estimate of drug-likeness (QED) is 0.675. The van der Waals surface area contributed by atoms with E-state index in [0.717, 1.165) is 38.5 Å². The third-order valence-corrected chi connectivity index (χ3v) is 4.04. The van der Waals surface area contributed by atoms with Crippen molar-refractivity contribution in [3.8, 4) is 0 Å². The van der Waals surface area contributed by atoms with Crippen LogP contribution in [0.25, 0.3) is 0 Å². The Bertz CT molecular complexity index is 290. The molecule has 104 valence electrons. The van der Waals surface area contributed by atoms with Crippen LogP contribution in [0.5, 0.6) is 0 Å². The van der Waals surface area contributed by atoms with Gasteiger partial charge in [-0.15, -0.1) is 0 Å². The van der Waals surface area contributed by atoms with E-state index in [1.54, 1.807) is 0 Å². The number of aliphatic hydroxyl groups is 1. The average Bonchev–Trinajstić information content (AvgIpc) is 2.86. The highest BCUT2D eigenvalue weighted by atomic mass is 16.5. The molecule has 0 bridgehead atoms. The van der Waals surface area contributed by atoms with Gasteiger partial charge in [0.15, 0.2) is 0 Å². The van der Waals surface area contributed by atoms with Gasteiger partial charge >= 0.3 is 0 Å². The Morgan fingerprint density at radius 2 is 2.06 bits per heavy atom. The zero-order valence-electron chi connectivity index (χ0n) is 10.9. The van der Waals surface area contributed by atoms with Crippen LogP contribution in [0.15, 0.2) is 0 Å². The van der Waals surface area contributed by atoms with E-state index in [-0.39, 0.29) is 18.1 Å². The minimum Gasteiger partial charge on any atom is -0.388 e. The van der Waals surface area contributed by atoms with Gasteiger partial charge in [-0.2, -0.15) is 0 Å². The van der Waals surface area contributed by atoms with Crippen molar-refractivity contribution in [1.29, 1.82) is 0 Å². The van der Waals surface area contributed by atoms with Crippen molar-refractivity contribution in [2.45, 2.75) is 62.8 Å². The molecule has 0 aromatic rings. The van der Waals surface area contributed by atoms with Gasteiger partial charge in [0, 0.05) is 13.1 Å². The van der Waals surface area contributed by atoms with E-state index >= 15 is 0 Å². The largest absolute Gasteiger partial charge is 0.388 e. The van der Waals surface area contributed by atoms with Gasteiger partial charge in [-0.25, -0.2) is 0 Å². The molecule has 0 aromatic heterocycles. The first-order valence-corrected chi connectivity index (χ1v) is 6.99. The Hall–Kier alpha value is -0.650. The zero-order chi connectivity index (χ0) is 13.0. The Morgan fingerprint density at radius 3 is 2.67 bits per heavy atom. The van der Waals surface area contributed by atoms with Crippen LogP contribution in [0, 0.1) is 0 Å². The maximum Gasteiger partial charge on any atom is 0.249 e. The standard InChI is InChI=1S/C13H24N2O3/c14-8-10-4-5-11(18-10)12(16)15-9-13(17)6-2-1-3-7-13/h10-11,17H,1-9,14H2,(H,15,16). The SMILES string of the molecule is NCC1CCC(C(=O)NCC2(O)CCCCC2)O1. The first-order chi connectivity index (χ1) is 8.63. The van der Waals surface area contributed by atoms with Crippen molar-refractivity contribution in [2.75, 3.05) is 13.1 Å². The number of nitrogens with two attached hydrogens (primary N) is 1.